The SMILES string of the molecule is CC(=O)Nc1ccc2c(CN(C)c3ccccc3)cc(=O)oc2c1. The Balaban J connectivity index is 1.98. The van der Waals surface area contributed by atoms with Crippen LogP contribution in [-0.4, -0.2) is 13.0 Å². The zero-order chi connectivity index (χ0) is 17.1. The Kier molecular flexibility index (Phi) is 4.33. The zero-order valence-corrected chi connectivity index (χ0v) is 13.6. The van der Waals surface area contributed by atoms with Crippen molar-refractivity contribution in [2.24, 2.45) is 0 Å². The summed E-state index contributed by atoms with van der Waals surface area (Å²) in [6.07, 6.45) is 0. The van der Waals surface area contributed by atoms with Crippen LogP contribution in [0.5, 0.6) is 0 Å². The van der Waals surface area contributed by atoms with E-state index in [1.807, 2.05) is 43.4 Å². The number of para-hydroxylation sites is 1. The van der Waals surface area contributed by atoms with Gasteiger partial charge in [-0.15, -0.1) is 0 Å². The Hall–Kier alpha value is -3.08. The summed E-state index contributed by atoms with van der Waals surface area (Å²) >= 11 is 0. The van der Waals surface area contributed by atoms with E-state index < -0.39 is 5.63 Å². The smallest absolute Gasteiger partial charge is 0.336 e. The fourth-order valence-electron chi connectivity index (χ4n) is 2.67. The number of nitrogens with zero attached hydrogens (tertiary/aromatic N) is 1. The average Bonchev–Trinajstić information content (AvgIpc) is 2.54. The Morgan fingerprint density at radius 3 is 2.58 bits per heavy atom. The number of anilines is 2. The van der Waals surface area contributed by atoms with E-state index in [4.69, 9.17) is 4.42 Å². The molecule has 0 spiro atoms. The molecule has 2 aromatic carbocycles. The number of hydrogen-bond donors (Lipinski definition) is 1. The van der Waals surface area contributed by atoms with E-state index in [-0.39, 0.29) is 5.91 Å². The summed E-state index contributed by atoms with van der Waals surface area (Å²) in [6.45, 7) is 2.01. The highest BCUT2D eigenvalue weighted by atomic mass is 16.4. The second-order valence-electron chi connectivity index (χ2n) is 5.67. The molecule has 1 aromatic heterocycles. The molecular formula is C19H18N2O3. The maximum atomic E-state index is 11.9. The van der Waals surface area contributed by atoms with Gasteiger partial charge in [-0.1, -0.05) is 18.2 Å². The number of nitrogens with one attached hydrogen (secondary N) is 1. The van der Waals surface area contributed by atoms with Crippen molar-refractivity contribution in [1.82, 2.24) is 0 Å². The van der Waals surface area contributed by atoms with Crippen LogP contribution in [-0.2, 0) is 11.3 Å². The third-order valence-electron chi connectivity index (χ3n) is 3.76. The van der Waals surface area contributed by atoms with E-state index in [1.165, 1.54) is 13.0 Å². The Labute approximate surface area is 139 Å². The quantitative estimate of drug-likeness (QED) is 0.748. The Bertz CT molecular complexity index is 932. The van der Waals surface area contributed by atoms with Crippen LogP contribution >= 0.6 is 0 Å². The molecule has 122 valence electrons. The molecule has 1 N–H and O–H groups in total. The van der Waals surface area contributed by atoms with Gasteiger partial charge in [-0.2, -0.15) is 0 Å². The van der Waals surface area contributed by atoms with E-state index in [1.54, 1.807) is 12.1 Å². The average molecular weight is 322 g/mol. The van der Waals surface area contributed by atoms with Gasteiger partial charge in [0.15, 0.2) is 0 Å². The third-order valence-corrected chi connectivity index (χ3v) is 3.76. The maximum Gasteiger partial charge on any atom is 0.336 e. The van der Waals surface area contributed by atoms with Crippen LogP contribution in [0.1, 0.15) is 12.5 Å². The molecule has 0 saturated carbocycles. The van der Waals surface area contributed by atoms with Gasteiger partial charge in [-0.25, -0.2) is 4.79 Å². The van der Waals surface area contributed by atoms with Gasteiger partial charge in [0.05, 0.1) is 0 Å². The number of rotatable bonds is 4. The topological polar surface area (TPSA) is 62.6 Å². The second kappa shape index (κ2) is 6.58. The number of benzene rings is 2. The number of hydrogen-bond acceptors (Lipinski definition) is 4. The fourth-order valence-corrected chi connectivity index (χ4v) is 2.67. The van der Waals surface area contributed by atoms with Crippen molar-refractivity contribution in [3.8, 4) is 0 Å². The van der Waals surface area contributed by atoms with Gasteiger partial charge in [-0.05, 0) is 29.8 Å². The summed E-state index contributed by atoms with van der Waals surface area (Å²) < 4.78 is 5.29. The van der Waals surface area contributed by atoms with Crippen molar-refractivity contribution in [1.29, 1.82) is 0 Å². The summed E-state index contributed by atoms with van der Waals surface area (Å²) in [7, 11) is 1.97. The van der Waals surface area contributed by atoms with Gasteiger partial charge in [0, 0.05) is 49.4 Å². The number of carbonyl (C=O) groups excluding carboxylic acids is 1. The lowest BCUT2D eigenvalue weighted by Crippen LogP contribution is -2.17. The second-order valence-corrected chi connectivity index (χ2v) is 5.67. The van der Waals surface area contributed by atoms with E-state index in [9.17, 15) is 9.59 Å². The van der Waals surface area contributed by atoms with Crippen LogP contribution in [0, 0.1) is 0 Å². The summed E-state index contributed by atoms with van der Waals surface area (Å²) in [4.78, 5) is 25.1. The first-order chi connectivity index (χ1) is 11.5. The molecule has 0 fully saturated rings. The van der Waals surface area contributed by atoms with E-state index >= 15 is 0 Å². The predicted molar refractivity (Wildman–Crippen MR) is 95.3 cm³/mol. The predicted octanol–water partition coefficient (Wildman–Crippen LogP) is 3.39. The van der Waals surface area contributed by atoms with Gasteiger partial charge in [-0.3, -0.25) is 4.79 Å². The van der Waals surface area contributed by atoms with E-state index in [0.717, 1.165) is 16.6 Å². The molecule has 24 heavy (non-hydrogen) atoms. The highest BCUT2D eigenvalue weighted by Gasteiger charge is 2.10. The summed E-state index contributed by atoms with van der Waals surface area (Å²) in [6, 6.07) is 16.8. The number of fused-ring (bicyclic) bond motifs is 1. The number of carbonyl (C=O) groups is 1. The van der Waals surface area contributed by atoms with Crippen molar-refractivity contribution < 1.29 is 9.21 Å². The van der Waals surface area contributed by atoms with Crippen LogP contribution in [0.3, 0.4) is 0 Å². The highest BCUT2D eigenvalue weighted by molar-refractivity contribution is 5.92. The summed E-state index contributed by atoms with van der Waals surface area (Å²) in [5.41, 5.74) is 2.60. The molecular weight excluding hydrogens is 304 g/mol. The molecule has 0 bridgehead atoms. The standard InChI is InChI=1S/C19H18N2O3/c1-13(22)20-15-8-9-17-14(10-19(23)24-18(17)11-15)12-21(2)16-6-4-3-5-7-16/h3-11H,12H2,1-2H3,(H,20,22). The lowest BCUT2D eigenvalue weighted by atomic mass is 10.1. The van der Waals surface area contributed by atoms with Crippen molar-refractivity contribution in [2.75, 3.05) is 17.3 Å². The molecule has 3 rings (SSSR count). The number of amides is 1. The van der Waals surface area contributed by atoms with Gasteiger partial charge in [0.1, 0.15) is 5.58 Å². The van der Waals surface area contributed by atoms with Gasteiger partial charge in [0.25, 0.3) is 0 Å². The minimum absolute atomic E-state index is 0.170. The Morgan fingerprint density at radius 1 is 1.12 bits per heavy atom. The Morgan fingerprint density at radius 2 is 1.88 bits per heavy atom. The first-order valence-corrected chi connectivity index (χ1v) is 7.63. The molecule has 0 aliphatic carbocycles. The van der Waals surface area contributed by atoms with Crippen LogP contribution < -0.4 is 15.8 Å². The van der Waals surface area contributed by atoms with Crippen molar-refractivity contribution in [3.05, 3.63) is 70.6 Å². The normalized spacial score (nSPS) is 10.6. The van der Waals surface area contributed by atoms with Crippen molar-refractivity contribution >= 4 is 28.3 Å². The molecule has 0 atom stereocenters. The van der Waals surface area contributed by atoms with Crippen LogP contribution in [0.25, 0.3) is 11.0 Å². The first kappa shape index (κ1) is 15.8. The molecule has 1 heterocycles. The van der Waals surface area contributed by atoms with Crippen LogP contribution in [0.2, 0.25) is 0 Å². The minimum atomic E-state index is -0.404. The van der Waals surface area contributed by atoms with E-state index in [0.29, 0.717) is 17.8 Å². The summed E-state index contributed by atoms with van der Waals surface area (Å²) in [5.74, 6) is -0.170. The van der Waals surface area contributed by atoms with Crippen LogP contribution in [0.15, 0.2) is 63.8 Å². The van der Waals surface area contributed by atoms with Crippen molar-refractivity contribution in [3.63, 3.8) is 0 Å². The first-order valence-electron chi connectivity index (χ1n) is 7.63. The molecule has 5 heteroatoms. The minimum Gasteiger partial charge on any atom is -0.423 e. The molecule has 0 unspecified atom stereocenters. The molecule has 5 nitrogen and oxygen atoms in total. The van der Waals surface area contributed by atoms with Gasteiger partial charge >= 0.3 is 5.63 Å². The van der Waals surface area contributed by atoms with Crippen molar-refractivity contribution in [2.45, 2.75) is 13.5 Å². The molecule has 0 radical (unpaired) electrons. The third kappa shape index (κ3) is 3.46. The molecule has 3 aromatic rings. The molecule has 0 saturated heterocycles. The molecule has 0 aliphatic rings. The monoisotopic (exact) mass is 322 g/mol. The van der Waals surface area contributed by atoms with E-state index in [2.05, 4.69) is 10.2 Å². The highest BCUT2D eigenvalue weighted by Crippen LogP contribution is 2.23. The lowest BCUT2D eigenvalue weighted by Gasteiger charge is -2.20. The fraction of sp³-hybridized carbons (Fsp3) is 0.158. The van der Waals surface area contributed by atoms with Crippen LogP contribution in [0.4, 0.5) is 11.4 Å². The summed E-state index contributed by atoms with van der Waals surface area (Å²) in [5, 5.41) is 3.54. The maximum absolute atomic E-state index is 11.9. The molecule has 0 aliphatic heterocycles. The largest absolute Gasteiger partial charge is 0.423 e. The van der Waals surface area contributed by atoms with Gasteiger partial charge in [0.2, 0.25) is 5.91 Å². The lowest BCUT2D eigenvalue weighted by molar-refractivity contribution is -0.114. The zero-order valence-electron chi connectivity index (χ0n) is 13.6. The molecule has 1 amide bonds. The van der Waals surface area contributed by atoms with Gasteiger partial charge < -0.3 is 14.6 Å².